The van der Waals surface area contributed by atoms with Gasteiger partial charge in [0, 0.05) is 25.2 Å². The number of nitrogens with one attached hydrogen (secondary N) is 2. The van der Waals surface area contributed by atoms with Gasteiger partial charge in [-0.15, -0.1) is 0 Å². The highest BCUT2D eigenvalue weighted by Crippen LogP contribution is 2.28. The molecule has 8 nitrogen and oxygen atoms in total. The van der Waals surface area contributed by atoms with Crippen LogP contribution in [0.15, 0.2) is 41.0 Å². The van der Waals surface area contributed by atoms with E-state index in [2.05, 4.69) is 15.5 Å². The van der Waals surface area contributed by atoms with Gasteiger partial charge in [-0.1, -0.05) is 0 Å². The van der Waals surface area contributed by atoms with Crippen molar-refractivity contribution in [2.45, 2.75) is 18.9 Å². The van der Waals surface area contributed by atoms with Crippen LogP contribution >= 0.6 is 0 Å². The van der Waals surface area contributed by atoms with Crippen LogP contribution in [0.2, 0.25) is 0 Å². The van der Waals surface area contributed by atoms with Crippen LogP contribution in [0.1, 0.15) is 23.4 Å². The zero-order valence-corrected chi connectivity index (χ0v) is 16.1. The van der Waals surface area contributed by atoms with Crippen molar-refractivity contribution in [1.82, 2.24) is 10.2 Å². The maximum absolute atomic E-state index is 12.4. The van der Waals surface area contributed by atoms with Gasteiger partial charge >= 0.3 is 0 Å². The number of rotatable bonds is 7. The van der Waals surface area contributed by atoms with Crippen LogP contribution in [-0.2, 0) is 4.79 Å². The predicted molar refractivity (Wildman–Crippen MR) is 104 cm³/mol. The van der Waals surface area contributed by atoms with Gasteiger partial charge in [-0.25, -0.2) is 0 Å². The second kappa shape index (κ2) is 9.27. The highest BCUT2D eigenvalue weighted by molar-refractivity contribution is 5.94. The number of anilines is 1. The largest absolute Gasteiger partial charge is 0.497 e. The van der Waals surface area contributed by atoms with Crippen LogP contribution in [0.25, 0.3) is 0 Å². The van der Waals surface area contributed by atoms with E-state index in [0.717, 1.165) is 25.9 Å². The highest BCUT2D eigenvalue weighted by atomic mass is 16.5. The molecule has 2 N–H and O–H groups in total. The Morgan fingerprint density at radius 2 is 1.96 bits per heavy atom. The number of carbonyl (C=O) groups excluding carboxylic acids is 2. The lowest BCUT2D eigenvalue weighted by Gasteiger charge is -2.31. The van der Waals surface area contributed by atoms with Crippen LogP contribution in [0.4, 0.5) is 5.69 Å². The minimum atomic E-state index is -0.202. The van der Waals surface area contributed by atoms with E-state index in [1.807, 2.05) is 0 Å². The Balaban J connectivity index is 1.47. The van der Waals surface area contributed by atoms with Crippen molar-refractivity contribution in [3.63, 3.8) is 0 Å². The van der Waals surface area contributed by atoms with Crippen LogP contribution in [0.5, 0.6) is 11.5 Å². The smallest absolute Gasteiger partial charge is 0.287 e. The maximum Gasteiger partial charge on any atom is 0.287 e. The van der Waals surface area contributed by atoms with Gasteiger partial charge in [0.1, 0.15) is 11.5 Å². The molecule has 3 rings (SSSR count). The minimum absolute atomic E-state index is 0.0791. The summed E-state index contributed by atoms with van der Waals surface area (Å²) in [6.45, 7) is 1.73. The fourth-order valence-electron chi connectivity index (χ4n) is 3.20. The summed E-state index contributed by atoms with van der Waals surface area (Å²) in [6.07, 6.45) is 3.04. The first-order valence-electron chi connectivity index (χ1n) is 9.17. The molecule has 28 heavy (non-hydrogen) atoms. The molecule has 0 radical (unpaired) electrons. The number of benzene rings is 1. The predicted octanol–water partition coefficient (Wildman–Crippen LogP) is 2.13. The summed E-state index contributed by atoms with van der Waals surface area (Å²) in [7, 11) is 3.13. The van der Waals surface area contributed by atoms with Crippen molar-refractivity contribution in [3.8, 4) is 11.5 Å². The van der Waals surface area contributed by atoms with Crippen LogP contribution in [0, 0.1) is 0 Å². The van der Waals surface area contributed by atoms with E-state index >= 15 is 0 Å². The molecule has 0 atom stereocenters. The molecular formula is C20H25N3O5. The summed E-state index contributed by atoms with van der Waals surface area (Å²) in [4.78, 5) is 26.5. The van der Waals surface area contributed by atoms with Gasteiger partial charge in [0.2, 0.25) is 5.91 Å². The Morgan fingerprint density at radius 3 is 2.61 bits per heavy atom. The normalized spacial score (nSPS) is 15.1. The van der Waals surface area contributed by atoms with Gasteiger partial charge in [0.15, 0.2) is 5.76 Å². The molecule has 0 bridgehead atoms. The van der Waals surface area contributed by atoms with Crippen molar-refractivity contribution in [3.05, 3.63) is 42.4 Å². The molecule has 0 aliphatic carbocycles. The fourth-order valence-corrected chi connectivity index (χ4v) is 3.20. The van der Waals surface area contributed by atoms with Crippen LogP contribution in [-0.4, -0.2) is 56.6 Å². The first-order valence-corrected chi connectivity index (χ1v) is 9.17. The molecule has 1 aromatic carbocycles. The SMILES string of the molecule is COc1ccc(OC)c(NC(=O)CN2CCC(NC(=O)c3ccco3)CC2)c1. The van der Waals surface area contributed by atoms with E-state index in [9.17, 15) is 9.59 Å². The van der Waals surface area contributed by atoms with Crippen LogP contribution in [0.3, 0.4) is 0 Å². The molecule has 150 valence electrons. The lowest BCUT2D eigenvalue weighted by atomic mass is 10.0. The number of nitrogens with zero attached hydrogens (tertiary/aromatic N) is 1. The molecule has 0 unspecified atom stereocenters. The second-order valence-electron chi connectivity index (χ2n) is 6.62. The Kier molecular flexibility index (Phi) is 6.54. The average Bonchev–Trinajstić information content (AvgIpc) is 3.24. The maximum atomic E-state index is 12.4. The van der Waals surface area contributed by atoms with Gasteiger partial charge in [-0.3, -0.25) is 14.5 Å². The number of likely N-dealkylation sites (tertiary alicyclic amines) is 1. The second-order valence-corrected chi connectivity index (χ2v) is 6.62. The van der Waals surface area contributed by atoms with Gasteiger partial charge in [-0.2, -0.15) is 0 Å². The van der Waals surface area contributed by atoms with Gasteiger partial charge in [0.25, 0.3) is 5.91 Å². The van der Waals surface area contributed by atoms with Crippen molar-refractivity contribution < 1.29 is 23.5 Å². The Hall–Kier alpha value is -3.00. The molecule has 1 aromatic heterocycles. The lowest BCUT2D eigenvalue weighted by Crippen LogP contribution is -2.46. The number of amides is 2. The van der Waals surface area contributed by atoms with Crippen molar-refractivity contribution in [2.75, 3.05) is 39.2 Å². The Morgan fingerprint density at radius 1 is 1.18 bits per heavy atom. The molecule has 1 aliphatic rings. The Bertz CT molecular complexity index is 798. The number of methoxy groups -OCH3 is 2. The third-order valence-corrected chi connectivity index (χ3v) is 4.72. The fraction of sp³-hybridized carbons (Fsp3) is 0.400. The summed E-state index contributed by atoms with van der Waals surface area (Å²) < 4.78 is 15.6. The summed E-state index contributed by atoms with van der Waals surface area (Å²) >= 11 is 0. The van der Waals surface area contributed by atoms with E-state index in [1.165, 1.54) is 6.26 Å². The minimum Gasteiger partial charge on any atom is -0.497 e. The topological polar surface area (TPSA) is 93.0 Å². The number of hydrogen-bond acceptors (Lipinski definition) is 6. The first-order chi connectivity index (χ1) is 13.6. The third-order valence-electron chi connectivity index (χ3n) is 4.72. The first kappa shape index (κ1) is 19.8. The number of hydrogen-bond donors (Lipinski definition) is 2. The molecule has 1 fully saturated rings. The van der Waals surface area contributed by atoms with E-state index in [4.69, 9.17) is 13.9 Å². The van der Waals surface area contributed by atoms with Gasteiger partial charge < -0.3 is 24.5 Å². The number of piperidine rings is 1. The van der Waals surface area contributed by atoms with E-state index in [1.54, 1.807) is 44.6 Å². The van der Waals surface area contributed by atoms with E-state index in [-0.39, 0.29) is 24.4 Å². The molecule has 1 saturated heterocycles. The molecule has 8 heteroatoms. The number of ether oxygens (including phenoxy) is 2. The molecular weight excluding hydrogens is 362 g/mol. The standard InChI is InChI=1S/C20H25N3O5/c1-26-15-5-6-17(27-2)16(12-15)22-19(24)13-23-9-7-14(8-10-23)21-20(25)18-4-3-11-28-18/h3-6,11-12,14H,7-10,13H2,1-2H3,(H,21,25)(H,22,24). The van der Waals surface area contributed by atoms with Gasteiger partial charge in [0.05, 0.1) is 32.7 Å². The van der Waals surface area contributed by atoms with E-state index < -0.39 is 0 Å². The quantitative estimate of drug-likeness (QED) is 0.756. The van der Waals surface area contributed by atoms with Gasteiger partial charge in [-0.05, 0) is 37.1 Å². The molecule has 1 aliphatic heterocycles. The molecule has 2 aromatic rings. The molecule has 0 spiro atoms. The number of carbonyl (C=O) groups is 2. The summed E-state index contributed by atoms with van der Waals surface area (Å²) in [5, 5.41) is 5.85. The van der Waals surface area contributed by atoms with Crippen molar-refractivity contribution in [2.24, 2.45) is 0 Å². The zero-order chi connectivity index (χ0) is 19.9. The molecule has 2 amide bonds. The molecule has 0 saturated carbocycles. The van der Waals surface area contributed by atoms with Crippen LogP contribution < -0.4 is 20.1 Å². The number of furan rings is 1. The summed E-state index contributed by atoms with van der Waals surface area (Å²) in [5.41, 5.74) is 0.576. The van der Waals surface area contributed by atoms with E-state index in [0.29, 0.717) is 22.9 Å². The third kappa shape index (κ3) is 5.04. The molecule has 2 heterocycles. The lowest BCUT2D eigenvalue weighted by molar-refractivity contribution is -0.117. The van der Waals surface area contributed by atoms with Crippen molar-refractivity contribution in [1.29, 1.82) is 0 Å². The van der Waals surface area contributed by atoms with Crippen molar-refractivity contribution >= 4 is 17.5 Å². The summed E-state index contributed by atoms with van der Waals surface area (Å²) in [6, 6.07) is 8.66. The average molecular weight is 387 g/mol. The Labute approximate surface area is 163 Å². The highest BCUT2D eigenvalue weighted by Gasteiger charge is 2.23. The zero-order valence-electron chi connectivity index (χ0n) is 16.1. The summed E-state index contributed by atoms with van der Waals surface area (Å²) in [5.74, 6) is 1.21. The monoisotopic (exact) mass is 387 g/mol.